The first-order valence-electron chi connectivity index (χ1n) is 4.51. The standard InChI is InChI=1S/C10H16O3/c1-5-7(11)9-8(6-2)12-10(3,4)13-9/h6,8-9H,2,5H2,1,3-4H3. The van der Waals surface area contributed by atoms with E-state index in [0.29, 0.717) is 6.42 Å². The minimum Gasteiger partial charge on any atom is -0.340 e. The molecule has 3 heteroatoms. The van der Waals surface area contributed by atoms with Gasteiger partial charge in [0.05, 0.1) is 0 Å². The van der Waals surface area contributed by atoms with E-state index in [1.807, 2.05) is 6.92 Å². The van der Waals surface area contributed by atoms with E-state index in [4.69, 9.17) is 9.47 Å². The molecule has 1 fully saturated rings. The van der Waals surface area contributed by atoms with Gasteiger partial charge in [-0.2, -0.15) is 0 Å². The Balaban J connectivity index is 2.74. The number of hydrogen-bond acceptors (Lipinski definition) is 3. The zero-order valence-electron chi connectivity index (χ0n) is 8.37. The van der Waals surface area contributed by atoms with Gasteiger partial charge in [-0.25, -0.2) is 0 Å². The Morgan fingerprint density at radius 1 is 1.54 bits per heavy atom. The summed E-state index contributed by atoms with van der Waals surface area (Å²) in [6.45, 7) is 9.03. The highest BCUT2D eigenvalue weighted by Gasteiger charge is 2.42. The third-order valence-corrected chi connectivity index (χ3v) is 2.03. The van der Waals surface area contributed by atoms with Gasteiger partial charge in [0.2, 0.25) is 0 Å². The molecule has 1 heterocycles. The fraction of sp³-hybridized carbons (Fsp3) is 0.700. The van der Waals surface area contributed by atoms with Crippen LogP contribution in [0.1, 0.15) is 27.2 Å². The molecule has 1 aliphatic heterocycles. The van der Waals surface area contributed by atoms with E-state index in [2.05, 4.69) is 6.58 Å². The highest BCUT2D eigenvalue weighted by Crippen LogP contribution is 2.29. The summed E-state index contributed by atoms with van der Waals surface area (Å²) >= 11 is 0. The molecule has 0 aromatic carbocycles. The number of ketones is 1. The molecule has 0 spiro atoms. The molecule has 0 N–H and O–H groups in total. The van der Waals surface area contributed by atoms with Gasteiger partial charge in [-0.3, -0.25) is 4.79 Å². The summed E-state index contributed by atoms with van der Waals surface area (Å²) in [6.07, 6.45) is 1.31. The third kappa shape index (κ3) is 2.17. The molecule has 0 radical (unpaired) electrons. The minimum atomic E-state index is -0.672. The minimum absolute atomic E-state index is 0.0653. The predicted molar refractivity (Wildman–Crippen MR) is 49.3 cm³/mol. The van der Waals surface area contributed by atoms with Crippen LogP contribution in [0.25, 0.3) is 0 Å². The zero-order valence-corrected chi connectivity index (χ0v) is 8.37. The van der Waals surface area contributed by atoms with E-state index < -0.39 is 11.9 Å². The number of ether oxygens (including phenoxy) is 2. The van der Waals surface area contributed by atoms with Crippen molar-refractivity contribution >= 4 is 5.78 Å². The second-order valence-electron chi connectivity index (χ2n) is 3.58. The van der Waals surface area contributed by atoms with Crippen molar-refractivity contribution in [1.29, 1.82) is 0 Å². The smallest absolute Gasteiger partial charge is 0.164 e. The van der Waals surface area contributed by atoms with Gasteiger partial charge in [-0.05, 0) is 13.8 Å². The van der Waals surface area contributed by atoms with Gasteiger partial charge in [0.1, 0.15) is 12.2 Å². The number of rotatable bonds is 3. The van der Waals surface area contributed by atoms with E-state index in [9.17, 15) is 4.79 Å². The quantitative estimate of drug-likeness (QED) is 0.626. The molecule has 74 valence electrons. The summed E-state index contributed by atoms with van der Waals surface area (Å²) < 4.78 is 10.9. The first-order chi connectivity index (χ1) is 6.00. The average Bonchev–Trinajstić information content (AvgIpc) is 2.39. The molecular formula is C10H16O3. The zero-order chi connectivity index (χ0) is 10.1. The number of hydrogen-bond donors (Lipinski definition) is 0. The highest BCUT2D eigenvalue weighted by molar-refractivity contribution is 5.84. The van der Waals surface area contributed by atoms with Gasteiger partial charge in [-0.1, -0.05) is 13.0 Å². The van der Waals surface area contributed by atoms with Crippen LogP contribution in [0.2, 0.25) is 0 Å². The molecule has 0 saturated carbocycles. The second-order valence-corrected chi connectivity index (χ2v) is 3.58. The van der Waals surface area contributed by atoms with E-state index in [0.717, 1.165) is 0 Å². The van der Waals surface area contributed by atoms with E-state index in [1.165, 1.54) is 0 Å². The summed E-state index contributed by atoms with van der Waals surface area (Å²) in [5.74, 6) is -0.607. The fourth-order valence-corrected chi connectivity index (χ4v) is 1.41. The van der Waals surface area contributed by atoms with Crippen molar-refractivity contribution in [3.05, 3.63) is 12.7 Å². The maximum absolute atomic E-state index is 11.4. The lowest BCUT2D eigenvalue weighted by molar-refractivity contribution is -0.153. The first kappa shape index (κ1) is 10.4. The lowest BCUT2D eigenvalue weighted by Gasteiger charge is -2.15. The molecule has 2 unspecified atom stereocenters. The maximum Gasteiger partial charge on any atom is 0.164 e. The molecule has 2 atom stereocenters. The number of carbonyl (C=O) groups excluding carboxylic acids is 1. The number of carbonyl (C=O) groups is 1. The van der Waals surface area contributed by atoms with Crippen molar-refractivity contribution in [3.63, 3.8) is 0 Å². The van der Waals surface area contributed by atoms with Crippen LogP contribution in [0.5, 0.6) is 0 Å². The largest absolute Gasteiger partial charge is 0.340 e. The molecule has 0 aliphatic carbocycles. The fourth-order valence-electron chi connectivity index (χ4n) is 1.41. The van der Waals surface area contributed by atoms with Crippen molar-refractivity contribution in [2.45, 2.75) is 45.2 Å². The van der Waals surface area contributed by atoms with Crippen LogP contribution in [-0.2, 0) is 14.3 Å². The molecule has 1 aliphatic rings. The van der Waals surface area contributed by atoms with Crippen LogP contribution in [0.3, 0.4) is 0 Å². The normalized spacial score (nSPS) is 31.6. The van der Waals surface area contributed by atoms with Crippen LogP contribution in [0, 0.1) is 0 Å². The van der Waals surface area contributed by atoms with Crippen LogP contribution >= 0.6 is 0 Å². The molecule has 13 heavy (non-hydrogen) atoms. The molecule has 0 aromatic heterocycles. The molecule has 0 amide bonds. The Kier molecular flexibility index (Phi) is 2.88. The van der Waals surface area contributed by atoms with Gasteiger partial charge < -0.3 is 9.47 Å². The van der Waals surface area contributed by atoms with Gasteiger partial charge in [0.25, 0.3) is 0 Å². The SMILES string of the molecule is C=CC1OC(C)(C)OC1C(=O)CC. The summed E-state index contributed by atoms with van der Waals surface area (Å²) in [4.78, 5) is 11.4. The van der Waals surface area contributed by atoms with Crippen molar-refractivity contribution in [1.82, 2.24) is 0 Å². The average molecular weight is 184 g/mol. The van der Waals surface area contributed by atoms with Gasteiger partial charge in [-0.15, -0.1) is 6.58 Å². The summed E-state index contributed by atoms with van der Waals surface area (Å²) in [5.41, 5.74) is 0. The third-order valence-electron chi connectivity index (χ3n) is 2.03. The summed E-state index contributed by atoms with van der Waals surface area (Å²) in [6, 6.07) is 0. The second kappa shape index (κ2) is 3.60. The highest BCUT2D eigenvalue weighted by atomic mass is 16.8. The summed E-state index contributed by atoms with van der Waals surface area (Å²) in [7, 11) is 0. The monoisotopic (exact) mass is 184 g/mol. The predicted octanol–water partition coefficient (Wildman–Crippen LogP) is 1.67. The lowest BCUT2D eigenvalue weighted by Crippen LogP contribution is -2.29. The van der Waals surface area contributed by atoms with Crippen molar-refractivity contribution < 1.29 is 14.3 Å². The molecule has 3 nitrogen and oxygen atoms in total. The van der Waals surface area contributed by atoms with Crippen molar-refractivity contribution in [2.75, 3.05) is 0 Å². The molecule has 1 saturated heterocycles. The van der Waals surface area contributed by atoms with Gasteiger partial charge in [0, 0.05) is 6.42 Å². The van der Waals surface area contributed by atoms with E-state index in [-0.39, 0.29) is 11.9 Å². The maximum atomic E-state index is 11.4. The molecule has 1 rings (SSSR count). The Morgan fingerprint density at radius 3 is 2.62 bits per heavy atom. The van der Waals surface area contributed by atoms with Crippen molar-refractivity contribution in [3.8, 4) is 0 Å². The van der Waals surface area contributed by atoms with Crippen LogP contribution < -0.4 is 0 Å². The number of Topliss-reactive ketones (excluding diaryl/α,β-unsaturated/α-hetero) is 1. The Labute approximate surface area is 78.7 Å². The van der Waals surface area contributed by atoms with Crippen LogP contribution in [0.15, 0.2) is 12.7 Å². The van der Waals surface area contributed by atoms with E-state index in [1.54, 1.807) is 19.9 Å². The lowest BCUT2D eigenvalue weighted by atomic mass is 10.1. The van der Waals surface area contributed by atoms with Crippen molar-refractivity contribution in [2.24, 2.45) is 0 Å². The first-order valence-corrected chi connectivity index (χ1v) is 4.51. The van der Waals surface area contributed by atoms with Gasteiger partial charge >= 0.3 is 0 Å². The van der Waals surface area contributed by atoms with Gasteiger partial charge in [0.15, 0.2) is 11.6 Å². The molecule has 0 bridgehead atoms. The molecular weight excluding hydrogens is 168 g/mol. The Hall–Kier alpha value is -0.670. The van der Waals surface area contributed by atoms with Crippen LogP contribution in [-0.4, -0.2) is 23.8 Å². The van der Waals surface area contributed by atoms with E-state index >= 15 is 0 Å². The Morgan fingerprint density at radius 2 is 2.15 bits per heavy atom. The molecule has 0 aromatic rings. The van der Waals surface area contributed by atoms with Crippen LogP contribution in [0.4, 0.5) is 0 Å². The topological polar surface area (TPSA) is 35.5 Å². The summed E-state index contributed by atoms with van der Waals surface area (Å²) in [5, 5.41) is 0. The Bertz CT molecular complexity index is 220.